The van der Waals surface area contributed by atoms with Crippen molar-refractivity contribution in [1.82, 2.24) is 0 Å². The molecular weight excluding hydrogens is 224 g/mol. The van der Waals surface area contributed by atoms with Crippen LogP contribution >= 0.6 is 0 Å². The van der Waals surface area contributed by atoms with E-state index in [0.717, 1.165) is 19.3 Å². The number of amidine groups is 1. The molecular formula is C15H26N2O. The van der Waals surface area contributed by atoms with Crippen LogP contribution in [0, 0.1) is 17.8 Å². The maximum Gasteiger partial charge on any atom is 0.129 e. The number of hydrogen-bond donors (Lipinski definition) is 2. The van der Waals surface area contributed by atoms with Gasteiger partial charge in [-0.1, -0.05) is 39.0 Å². The maximum absolute atomic E-state index is 11.3. The van der Waals surface area contributed by atoms with Crippen LogP contribution in [0.5, 0.6) is 0 Å². The molecule has 3 heteroatoms. The molecule has 0 bridgehead atoms. The van der Waals surface area contributed by atoms with E-state index in [1.165, 1.54) is 32.1 Å². The second-order valence-electron chi connectivity index (χ2n) is 6.67. The highest BCUT2D eigenvalue weighted by Gasteiger charge is 2.55. The van der Waals surface area contributed by atoms with E-state index in [2.05, 4.69) is 11.9 Å². The van der Waals surface area contributed by atoms with Crippen LogP contribution in [-0.2, 0) is 0 Å². The summed E-state index contributed by atoms with van der Waals surface area (Å²) >= 11 is 0. The van der Waals surface area contributed by atoms with E-state index in [9.17, 15) is 5.11 Å². The van der Waals surface area contributed by atoms with Crippen molar-refractivity contribution in [3.05, 3.63) is 0 Å². The van der Waals surface area contributed by atoms with Crippen molar-refractivity contribution in [3.63, 3.8) is 0 Å². The lowest BCUT2D eigenvalue weighted by molar-refractivity contribution is -0.0485. The lowest BCUT2D eigenvalue weighted by Gasteiger charge is -2.45. The van der Waals surface area contributed by atoms with Gasteiger partial charge in [0.15, 0.2) is 0 Å². The van der Waals surface area contributed by atoms with E-state index in [0.29, 0.717) is 29.6 Å². The highest BCUT2D eigenvalue weighted by Crippen LogP contribution is 2.49. The van der Waals surface area contributed by atoms with Crippen LogP contribution in [0.4, 0.5) is 0 Å². The minimum absolute atomic E-state index is 0.303. The summed E-state index contributed by atoms with van der Waals surface area (Å²) in [4.78, 5) is 4.62. The van der Waals surface area contributed by atoms with Gasteiger partial charge in [-0.2, -0.15) is 0 Å². The van der Waals surface area contributed by atoms with Crippen LogP contribution in [0.2, 0.25) is 0 Å². The molecule has 1 heterocycles. The van der Waals surface area contributed by atoms with Crippen molar-refractivity contribution < 1.29 is 5.11 Å². The quantitative estimate of drug-likeness (QED) is 0.751. The molecule has 5 unspecified atom stereocenters. The van der Waals surface area contributed by atoms with Gasteiger partial charge in [0.1, 0.15) is 11.4 Å². The Kier molecular flexibility index (Phi) is 3.13. The van der Waals surface area contributed by atoms with Gasteiger partial charge < -0.3 is 10.8 Å². The molecule has 0 radical (unpaired) electrons. The Labute approximate surface area is 110 Å². The number of rotatable bonds is 1. The van der Waals surface area contributed by atoms with Gasteiger partial charge in [0.25, 0.3) is 0 Å². The minimum Gasteiger partial charge on any atom is -0.385 e. The van der Waals surface area contributed by atoms with E-state index >= 15 is 0 Å². The summed E-state index contributed by atoms with van der Waals surface area (Å²) in [7, 11) is 0. The predicted octanol–water partition coefficient (Wildman–Crippen LogP) is 2.47. The molecule has 2 fully saturated rings. The van der Waals surface area contributed by atoms with Crippen LogP contribution in [0.3, 0.4) is 0 Å². The Morgan fingerprint density at radius 2 is 1.67 bits per heavy atom. The normalized spacial score (nSPS) is 48.7. The Bertz CT molecular complexity index is 354. The van der Waals surface area contributed by atoms with Gasteiger partial charge in [0.2, 0.25) is 0 Å². The molecule has 2 aliphatic carbocycles. The first-order valence-electron chi connectivity index (χ1n) is 7.70. The highest BCUT2D eigenvalue weighted by atomic mass is 16.3. The van der Waals surface area contributed by atoms with Crippen molar-refractivity contribution in [2.45, 2.75) is 69.9 Å². The van der Waals surface area contributed by atoms with Gasteiger partial charge in [0.05, 0.1) is 6.04 Å². The minimum atomic E-state index is -0.787. The van der Waals surface area contributed by atoms with Crippen LogP contribution in [0.25, 0.3) is 0 Å². The number of hydrogen-bond acceptors (Lipinski definition) is 3. The monoisotopic (exact) mass is 250 g/mol. The molecule has 2 saturated carbocycles. The topological polar surface area (TPSA) is 58.6 Å². The summed E-state index contributed by atoms with van der Waals surface area (Å²) < 4.78 is 0. The molecule has 102 valence electrons. The van der Waals surface area contributed by atoms with E-state index in [4.69, 9.17) is 5.73 Å². The van der Waals surface area contributed by atoms with Crippen LogP contribution in [0.15, 0.2) is 4.99 Å². The number of fused-ring (bicyclic) bond motifs is 1. The van der Waals surface area contributed by atoms with Crippen molar-refractivity contribution in [1.29, 1.82) is 0 Å². The molecule has 0 saturated heterocycles. The SMILES string of the molecule is CC1CCCCC1C1(O)C(N)=NC2CCCCC21. The summed E-state index contributed by atoms with van der Waals surface area (Å²) in [6, 6.07) is 0.304. The van der Waals surface area contributed by atoms with E-state index < -0.39 is 5.60 Å². The Morgan fingerprint density at radius 1 is 1.06 bits per heavy atom. The second kappa shape index (κ2) is 4.52. The first kappa shape index (κ1) is 12.5. The smallest absolute Gasteiger partial charge is 0.129 e. The van der Waals surface area contributed by atoms with Crippen molar-refractivity contribution in [2.24, 2.45) is 28.5 Å². The third-order valence-corrected chi connectivity index (χ3v) is 5.69. The third-order valence-electron chi connectivity index (χ3n) is 5.69. The number of aliphatic hydroxyl groups is 1. The molecule has 0 amide bonds. The first-order chi connectivity index (χ1) is 8.64. The fourth-order valence-corrected chi connectivity index (χ4v) is 4.69. The van der Waals surface area contributed by atoms with Crippen LogP contribution in [-0.4, -0.2) is 22.6 Å². The molecule has 3 aliphatic rings. The maximum atomic E-state index is 11.3. The van der Waals surface area contributed by atoms with Crippen LogP contribution < -0.4 is 5.73 Å². The molecule has 1 aliphatic heterocycles. The molecule has 0 aromatic rings. The molecule has 3 nitrogen and oxygen atoms in total. The van der Waals surface area contributed by atoms with Crippen molar-refractivity contribution in [3.8, 4) is 0 Å². The van der Waals surface area contributed by atoms with Crippen molar-refractivity contribution in [2.75, 3.05) is 0 Å². The molecule has 18 heavy (non-hydrogen) atoms. The fraction of sp³-hybridized carbons (Fsp3) is 0.933. The Balaban J connectivity index is 1.89. The summed E-state index contributed by atoms with van der Waals surface area (Å²) in [5.74, 6) is 1.77. The number of nitrogens with zero attached hydrogens (tertiary/aromatic N) is 1. The lowest BCUT2D eigenvalue weighted by atomic mass is 9.63. The lowest BCUT2D eigenvalue weighted by Crippen LogP contribution is -2.56. The Morgan fingerprint density at radius 3 is 2.39 bits per heavy atom. The molecule has 0 aromatic heterocycles. The van der Waals surface area contributed by atoms with Crippen molar-refractivity contribution >= 4 is 5.84 Å². The van der Waals surface area contributed by atoms with E-state index in [1.807, 2.05) is 0 Å². The van der Waals surface area contributed by atoms with Gasteiger partial charge in [-0.3, -0.25) is 4.99 Å². The first-order valence-corrected chi connectivity index (χ1v) is 7.70. The average molecular weight is 250 g/mol. The fourth-order valence-electron chi connectivity index (χ4n) is 4.69. The predicted molar refractivity (Wildman–Crippen MR) is 73.4 cm³/mol. The van der Waals surface area contributed by atoms with Crippen LogP contribution in [0.1, 0.15) is 58.3 Å². The Hall–Kier alpha value is -0.570. The molecule has 5 atom stereocenters. The van der Waals surface area contributed by atoms with Gasteiger partial charge >= 0.3 is 0 Å². The zero-order chi connectivity index (χ0) is 12.8. The average Bonchev–Trinajstić information content (AvgIpc) is 2.63. The zero-order valence-corrected chi connectivity index (χ0v) is 11.4. The standard InChI is InChI=1S/C15H26N2O/c1-10-6-2-3-7-11(10)15(18)12-8-4-5-9-13(12)17-14(15)16/h10-13,18H,2-9H2,1H3,(H2,16,17). The summed E-state index contributed by atoms with van der Waals surface area (Å²) in [5, 5.41) is 11.3. The molecule has 3 rings (SSSR count). The van der Waals surface area contributed by atoms with E-state index in [1.54, 1.807) is 0 Å². The summed E-state index contributed by atoms with van der Waals surface area (Å²) in [6.07, 6.45) is 9.60. The summed E-state index contributed by atoms with van der Waals surface area (Å²) in [5.41, 5.74) is 5.38. The second-order valence-corrected chi connectivity index (χ2v) is 6.67. The molecule has 0 spiro atoms. The van der Waals surface area contributed by atoms with E-state index in [-0.39, 0.29) is 0 Å². The summed E-state index contributed by atoms with van der Waals surface area (Å²) in [6.45, 7) is 2.28. The van der Waals surface area contributed by atoms with Gasteiger partial charge in [-0.05, 0) is 31.1 Å². The third kappa shape index (κ3) is 1.70. The van der Waals surface area contributed by atoms with Gasteiger partial charge in [-0.15, -0.1) is 0 Å². The number of nitrogens with two attached hydrogens (primary N) is 1. The molecule has 3 N–H and O–H groups in total. The van der Waals surface area contributed by atoms with Gasteiger partial charge in [-0.25, -0.2) is 0 Å². The largest absolute Gasteiger partial charge is 0.385 e. The molecule has 0 aromatic carbocycles. The highest BCUT2D eigenvalue weighted by molar-refractivity contribution is 5.91. The number of aliphatic imine (C=N–C) groups is 1. The van der Waals surface area contributed by atoms with Gasteiger partial charge in [0, 0.05) is 5.92 Å². The zero-order valence-electron chi connectivity index (χ0n) is 11.4.